The van der Waals surface area contributed by atoms with Crippen LogP contribution in [-0.2, 0) is 4.79 Å². The lowest BCUT2D eigenvalue weighted by molar-refractivity contribution is -0.138. The number of thioether (sulfide) groups is 1. The lowest BCUT2D eigenvalue weighted by Gasteiger charge is -2.18. The maximum atomic E-state index is 11.1. The molecule has 2 rings (SSSR count). The molecular formula is C11H13N3O2S. The molecule has 0 saturated carbocycles. The highest BCUT2D eigenvalue weighted by Crippen LogP contribution is 2.33. The molecule has 0 aromatic carbocycles. The largest absolute Gasteiger partial charge is 0.480 e. The van der Waals surface area contributed by atoms with Gasteiger partial charge in [-0.15, -0.1) is 0 Å². The standard InChI is InChI=1S/C11H13N3O2S/c1-7-4-8-12-6-13-14(8)9(5-7)17-11(2,3)10(15)16/h4-6H,1-3H3,(H,15,16). The molecule has 0 bridgehead atoms. The highest BCUT2D eigenvalue weighted by Gasteiger charge is 2.29. The van der Waals surface area contributed by atoms with E-state index < -0.39 is 10.7 Å². The second kappa shape index (κ2) is 4.03. The van der Waals surface area contributed by atoms with E-state index in [0.717, 1.165) is 16.2 Å². The minimum Gasteiger partial charge on any atom is -0.480 e. The molecule has 1 N–H and O–H groups in total. The first kappa shape index (κ1) is 11.9. The van der Waals surface area contributed by atoms with Gasteiger partial charge < -0.3 is 5.11 Å². The van der Waals surface area contributed by atoms with Gasteiger partial charge in [0.05, 0.1) is 0 Å². The number of aliphatic carboxylic acids is 1. The molecule has 17 heavy (non-hydrogen) atoms. The summed E-state index contributed by atoms with van der Waals surface area (Å²) in [6, 6.07) is 3.82. The smallest absolute Gasteiger partial charge is 0.319 e. The SMILES string of the molecule is Cc1cc(SC(C)(C)C(=O)O)n2ncnc2c1. The van der Waals surface area contributed by atoms with Gasteiger partial charge in [0.15, 0.2) is 5.65 Å². The number of carbonyl (C=O) groups is 1. The second-order valence-corrected chi connectivity index (χ2v) is 5.96. The van der Waals surface area contributed by atoms with E-state index in [0.29, 0.717) is 0 Å². The number of hydrogen-bond acceptors (Lipinski definition) is 4. The van der Waals surface area contributed by atoms with Crippen LogP contribution in [0, 0.1) is 6.92 Å². The summed E-state index contributed by atoms with van der Waals surface area (Å²) >= 11 is 1.26. The summed E-state index contributed by atoms with van der Waals surface area (Å²) in [5, 5.41) is 14.0. The van der Waals surface area contributed by atoms with Crippen molar-refractivity contribution in [2.24, 2.45) is 0 Å². The molecule has 2 heterocycles. The Morgan fingerprint density at radius 3 is 2.82 bits per heavy atom. The van der Waals surface area contributed by atoms with Crippen molar-refractivity contribution in [1.29, 1.82) is 0 Å². The predicted octanol–water partition coefficient (Wildman–Crippen LogP) is 1.99. The highest BCUT2D eigenvalue weighted by molar-refractivity contribution is 8.01. The molecular weight excluding hydrogens is 238 g/mol. The number of nitrogens with zero attached hydrogens (tertiary/aromatic N) is 3. The average molecular weight is 251 g/mol. The fourth-order valence-electron chi connectivity index (χ4n) is 1.40. The third kappa shape index (κ3) is 2.26. The maximum absolute atomic E-state index is 11.1. The Morgan fingerprint density at radius 1 is 1.47 bits per heavy atom. The highest BCUT2D eigenvalue weighted by atomic mass is 32.2. The fraction of sp³-hybridized carbons (Fsp3) is 0.364. The molecule has 0 unspecified atom stereocenters. The molecule has 0 spiro atoms. The van der Waals surface area contributed by atoms with Crippen LogP contribution >= 0.6 is 11.8 Å². The van der Waals surface area contributed by atoms with E-state index >= 15 is 0 Å². The van der Waals surface area contributed by atoms with Crippen molar-refractivity contribution in [2.45, 2.75) is 30.5 Å². The Hall–Kier alpha value is -1.56. The van der Waals surface area contributed by atoms with Gasteiger partial charge in [-0.3, -0.25) is 4.79 Å². The van der Waals surface area contributed by atoms with E-state index in [1.807, 2.05) is 19.1 Å². The minimum absolute atomic E-state index is 0.730. The molecule has 0 amide bonds. The van der Waals surface area contributed by atoms with Gasteiger partial charge in [0.25, 0.3) is 0 Å². The first-order chi connectivity index (χ1) is 7.90. The number of carboxylic acid groups (broad SMARTS) is 1. The molecule has 0 aliphatic heterocycles. The van der Waals surface area contributed by atoms with Crippen molar-refractivity contribution in [2.75, 3.05) is 0 Å². The van der Waals surface area contributed by atoms with Crippen molar-refractivity contribution in [3.63, 3.8) is 0 Å². The molecule has 0 fully saturated rings. The number of aryl methyl sites for hydroxylation is 1. The van der Waals surface area contributed by atoms with E-state index in [1.165, 1.54) is 18.1 Å². The number of fused-ring (bicyclic) bond motifs is 1. The van der Waals surface area contributed by atoms with E-state index in [2.05, 4.69) is 10.1 Å². The molecule has 5 nitrogen and oxygen atoms in total. The molecule has 0 saturated heterocycles. The van der Waals surface area contributed by atoms with Gasteiger partial charge in [-0.2, -0.15) is 5.10 Å². The first-order valence-electron chi connectivity index (χ1n) is 5.13. The number of hydrogen-bond donors (Lipinski definition) is 1. The number of pyridine rings is 1. The lowest BCUT2D eigenvalue weighted by atomic mass is 10.2. The van der Waals surface area contributed by atoms with E-state index in [9.17, 15) is 4.79 Å². The van der Waals surface area contributed by atoms with Crippen molar-refractivity contribution < 1.29 is 9.90 Å². The molecule has 90 valence electrons. The Balaban J connectivity index is 2.48. The molecule has 0 aliphatic rings. The van der Waals surface area contributed by atoms with Gasteiger partial charge in [-0.25, -0.2) is 9.50 Å². The summed E-state index contributed by atoms with van der Waals surface area (Å²) in [4.78, 5) is 15.2. The van der Waals surface area contributed by atoms with Crippen LogP contribution in [-0.4, -0.2) is 30.4 Å². The average Bonchev–Trinajstić information content (AvgIpc) is 2.64. The van der Waals surface area contributed by atoms with Crippen molar-refractivity contribution in [3.8, 4) is 0 Å². The summed E-state index contributed by atoms with van der Waals surface area (Å²) in [6.07, 6.45) is 1.46. The predicted molar refractivity (Wildman–Crippen MR) is 65.3 cm³/mol. The van der Waals surface area contributed by atoms with E-state index in [1.54, 1.807) is 18.4 Å². The van der Waals surface area contributed by atoms with Crippen molar-refractivity contribution in [1.82, 2.24) is 14.6 Å². The lowest BCUT2D eigenvalue weighted by Crippen LogP contribution is -2.27. The number of carboxylic acids is 1. The van der Waals surface area contributed by atoms with E-state index in [4.69, 9.17) is 5.11 Å². The van der Waals surface area contributed by atoms with Gasteiger partial charge >= 0.3 is 5.97 Å². The van der Waals surface area contributed by atoms with Gasteiger partial charge in [-0.1, -0.05) is 11.8 Å². The Labute approximate surface area is 103 Å². The maximum Gasteiger partial charge on any atom is 0.319 e. The summed E-state index contributed by atoms with van der Waals surface area (Å²) < 4.78 is 0.759. The summed E-state index contributed by atoms with van der Waals surface area (Å²) in [7, 11) is 0. The third-order valence-electron chi connectivity index (χ3n) is 2.37. The van der Waals surface area contributed by atoms with Crippen molar-refractivity contribution in [3.05, 3.63) is 24.0 Å². The normalized spacial score (nSPS) is 11.9. The van der Waals surface area contributed by atoms with Crippen LogP contribution in [0.25, 0.3) is 5.65 Å². The zero-order valence-corrected chi connectivity index (χ0v) is 10.7. The van der Waals surface area contributed by atoms with Crippen LogP contribution in [0.4, 0.5) is 0 Å². The second-order valence-electron chi connectivity index (χ2n) is 4.32. The molecule has 2 aromatic rings. The summed E-state index contributed by atoms with van der Waals surface area (Å²) in [5.74, 6) is -0.850. The zero-order valence-electron chi connectivity index (χ0n) is 9.84. The molecule has 0 atom stereocenters. The van der Waals surface area contributed by atoms with Gasteiger partial charge in [-0.05, 0) is 38.5 Å². The van der Waals surface area contributed by atoms with Crippen LogP contribution in [0.3, 0.4) is 0 Å². The Bertz CT molecular complexity index is 577. The monoisotopic (exact) mass is 251 g/mol. The van der Waals surface area contributed by atoms with E-state index in [-0.39, 0.29) is 0 Å². The molecule has 6 heteroatoms. The Morgan fingerprint density at radius 2 is 2.18 bits per heavy atom. The van der Waals surface area contributed by atoms with Crippen LogP contribution in [0.1, 0.15) is 19.4 Å². The summed E-state index contributed by atoms with van der Waals surface area (Å²) in [5.41, 5.74) is 1.77. The quantitative estimate of drug-likeness (QED) is 0.845. The fourth-order valence-corrected chi connectivity index (χ4v) is 2.48. The first-order valence-corrected chi connectivity index (χ1v) is 5.94. The molecule has 2 aromatic heterocycles. The zero-order chi connectivity index (χ0) is 12.6. The number of aromatic nitrogens is 3. The van der Waals surface area contributed by atoms with Crippen LogP contribution < -0.4 is 0 Å². The van der Waals surface area contributed by atoms with Gasteiger partial charge in [0.1, 0.15) is 16.1 Å². The van der Waals surface area contributed by atoms with Gasteiger partial charge in [0, 0.05) is 0 Å². The van der Waals surface area contributed by atoms with Crippen molar-refractivity contribution >= 4 is 23.4 Å². The minimum atomic E-state index is -0.896. The number of rotatable bonds is 3. The Kier molecular flexibility index (Phi) is 2.82. The van der Waals surface area contributed by atoms with Crippen LogP contribution in [0.2, 0.25) is 0 Å². The topological polar surface area (TPSA) is 67.5 Å². The summed E-state index contributed by atoms with van der Waals surface area (Å²) in [6.45, 7) is 5.29. The molecule has 0 aliphatic carbocycles. The van der Waals surface area contributed by atoms with Crippen LogP contribution in [0.5, 0.6) is 0 Å². The molecule has 0 radical (unpaired) electrons. The van der Waals surface area contributed by atoms with Gasteiger partial charge in [0.2, 0.25) is 0 Å². The van der Waals surface area contributed by atoms with Crippen LogP contribution in [0.15, 0.2) is 23.5 Å². The third-order valence-corrected chi connectivity index (χ3v) is 3.55.